The van der Waals surface area contributed by atoms with Gasteiger partial charge in [0.15, 0.2) is 0 Å². The molecule has 1 heterocycles. The number of hydrogen-bond acceptors (Lipinski definition) is 5. The Morgan fingerprint density at radius 2 is 1.94 bits per heavy atom. The van der Waals surface area contributed by atoms with Crippen molar-refractivity contribution in [2.45, 2.75) is 62.9 Å². The molecule has 36 heavy (non-hydrogen) atoms. The van der Waals surface area contributed by atoms with Crippen molar-refractivity contribution in [1.82, 2.24) is 5.32 Å². The van der Waals surface area contributed by atoms with Crippen LogP contribution in [0.5, 0.6) is 5.75 Å². The third kappa shape index (κ3) is 4.27. The van der Waals surface area contributed by atoms with E-state index in [1.807, 2.05) is 26.0 Å². The number of aliphatic hydroxyl groups is 1. The van der Waals surface area contributed by atoms with Crippen molar-refractivity contribution < 1.29 is 24.5 Å². The number of aliphatic carboxylic acids is 1. The first-order valence-electron chi connectivity index (χ1n) is 12.9. The predicted molar refractivity (Wildman–Crippen MR) is 137 cm³/mol. The number of aryl methyl sites for hydroxylation is 1. The lowest BCUT2D eigenvalue weighted by Crippen LogP contribution is -2.40. The van der Waals surface area contributed by atoms with Gasteiger partial charge in [0.25, 0.3) is 0 Å². The molecule has 2 aliphatic carbocycles. The summed E-state index contributed by atoms with van der Waals surface area (Å²) in [6.45, 7) is 4.62. The third-order valence-electron chi connectivity index (χ3n) is 8.15. The normalized spacial score (nSPS) is 24.5. The molecule has 0 aromatic heterocycles. The van der Waals surface area contributed by atoms with E-state index >= 15 is 0 Å². The van der Waals surface area contributed by atoms with Crippen molar-refractivity contribution in [3.63, 3.8) is 0 Å². The average molecular weight is 488 g/mol. The number of carbonyl (C=O) groups is 1. The molecule has 3 aliphatic rings. The maximum Gasteiger partial charge on any atom is 0.311 e. The standard InChI is InChI=1S/C30H33NO5/c1-17-7-10-23(24-25-26(29(33)34)28(25)36-27(17)24)18(2)35-16-22(32)15-31-30(11-12-30)14-19-8-9-20-5-3-4-6-21(20)13-19/h3-10,13,18,22,25-26,28,31-32H,11-12,14-16H2,1-2H3,(H,33,34)/t18-,22-,25-,26-,28-/m1/s1. The molecule has 2 saturated carbocycles. The molecule has 0 unspecified atom stereocenters. The molecule has 0 spiro atoms. The highest BCUT2D eigenvalue weighted by atomic mass is 16.5. The van der Waals surface area contributed by atoms with Crippen LogP contribution in [0.25, 0.3) is 10.8 Å². The number of benzene rings is 3. The van der Waals surface area contributed by atoms with Gasteiger partial charge in [0.2, 0.25) is 0 Å². The summed E-state index contributed by atoms with van der Waals surface area (Å²) < 4.78 is 12.0. The lowest BCUT2D eigenvalue weighted by atomic mass is 9.95. The fraction of sp³-hybridized carbons (Fsp3) is 0.433. The van der Waals surface area contributed by atoms with Crippen LogP contribution in [0.2, 0.25) is 0 Å². The molecule has 1 aliphatic heterocycles. The Morgan fingerprint density at radius 1 is 1.17 bits per heavy atom. The Balaban J connectivity index is 1.04. The van der Waals surface area contributed by atoms with Crippen molar-refractivity contribution in [3.8, 4) is 5.75 Å². The second-order valence-electron chi connectivity index (χ2n) is 10.8. The molecule has 2 fully saturated rings. The van der Waals surface area contributed by atoms with Crippen LogP contribution in [0.4, 0.5) is 0 Å². The number of nitrogens with one attached hydrogen (secondary N) is 1. The Hall–Kier alpha value is -2.93. The van der Waals surface area contributed by atoms with Crippen LogP contribution < -0.4 is 10.1 Å². The molecular formula is C30H33NO5. The monoisotopic (exact) mass is 487 g/mol. The summed E-state index contributed by atoms with van der Waals surface area (Å²) in [5, 5.41) is 26.2. The summed E-state index contributed by atoms with van der Waals surface area (Å²) in [5.74, 6) is -0.579. The van der Waals surface area contributed by atoms with Gasteiger partial charge in [-0.15, -0.1) is 0 Å². The van der Waals surface area contributed by atoms with Crippen molar-refractivity contribution in [2.24, 2.45) is 5.92 Å². The highest BCUT2D eigenvalue weighted by molar-refractivity contribution is 5.83. The summed E-state index contributed by atoms with van der Waals surface area (Å²) in [5.41, 5.74) is 4.31. The predicted octanol–water partition coefficient (Wildman–Crippen LogP) is 4.51. The highest BCUT2D eigenvalue weighted by Gasteiger charge is 2.64. The lowest BCUT2D eigenvalue weighted by Gasteiger charge is -2.23. The van der Waals surface area contributed by atoms with Gasteiger partial charge in [-0.2, -0.15) is 0 Å². The van der Waals surface area contributed by atoms with Gasteiger partial charge < -0.3 is 25.0 Å². The fourth-order valence-corrected chi connectivity index (χ4v) is 5.83. The van der Waals surface area contributed by atoms with E-state index in [-0.39, 0.29) is 30.3 Å². The average Bonchev–Trinajstić information content (AvgIpc) is 3.76. The number of ether oxygens (including phenoxy) is 2. The Labute approximate surface area is 211 Å². The van der Waals surface area contributed by atoms with Gasteiger partial charge in [0.05, 0.1) is 18.8 Å². The van der Waals surface area contributed by atoms with Crippen LogP contribution in [0, 0.1) is 12.8 Å². The van der Waals surface area contributed by atoms with Crippen LogP contribution >= 0.6 is 0 Å². The molecule has 0 bridgehead atoms. The summed E-state index contributed by atoms with van der Waals surface area (Å²) in [6, 6.07) is 19.1. The molecule has 5 atom stereocenters. The maximum absolute atomic E-state index is 11.5. The molecule has 6 nitrogen and oxygen atoms in total. The lowest BCUT2D eigenvalue weighted by molar-refractivity contribution is -0.139. The summed E-state index contributed by atoms with van der Waals surface area (Å²) >= 11 is 0. The van der Waals surface area contributed by atoms with E-state index in [2.05, 4.69) is 47.8 Å². The zero-order chi connectivity index (χ0) is 25.0. The van der Waals surface area contributed by atoms with Gasteiger partial charge in [-0.25, -0.2) is 0 Å². The van der Waals surface area contributed by atoms with E-state index in [9.17, 15) is 15.0 Å². The maximum atomic E-state index is 11.5. The van der Waals surface area contributed by atoms with Crippen LogP contribution in [0.3, 0.4) is 0 Å². The Bertz CT molecular complexity index is 1320. The minimum absolute atomic E-state index is 0.0526. The Morgan fingerprint density at radius 3 is 2.69 bits per heavy atom. The number of carboxylic acid groups (broad SMARTS) is 1. The van der Waals surface area contributed by atoms with Gasteiger partial charge >= 0.3 is 5.97 Å². The van der Waals surface area contributed by atoms with Crippen molar-refractivity contribution in [3.05, 3.63) is 76.9 Å². The Kier molecular flexibility index (Phi) is 5.78. The van der Waals surface area contributed by atoms with Crippen molar-refractivity contribution >= 4 is 16.7 Å². The van der Waals surface area contributed by atoms with E-state index in [0.29, 0.717) is 6.54 Å². The molecule has 3 N–H and O–H groups in total. The molecule has 6 heteroatoms. The highest BCUT2D eigenvalue weighted by Crippen LogP contribution is 2.61. The fourth-order valence-electron chi connectivity index (χ4n) is 5.83. The van der Waals surface area contributed by atoms with E-state index < -0.39 is 18.0 Å². The van der Waals surface area contributed by atoms with Gasteiger partial charge in [-0.05, 0) is 60.6 Å². The number of aliphatic hydroxyl groups excluding tert-OH is 1. The van der Waals surface area contributed by atoms with Crippen LogP contribution in [0.1, 0.15) is 54.0 Å². The molecule has 6 rings (SSSR count). The minimum atomic E-state index is -0.809. The number of fused-ring (bicyclic) bond motifs is 4. The quantitative estimate of drug-likeness (QED) is 0.390. The molecule has 0 amide bonds. The molecule has 3 aromatic rings. The van der Waals surface area contributed by atoms with Crippen molar-refractivity contribution in [1.29, 1.82) is 0 Å². The van der Waals surface area contributed by atoms with E-state index in [0.717, 1.165) is 41.7 Å². The van der Waals surface area contributed by atoms with Gasteiger partial charge in [0, 0.05) is 23.6 Å². The van der Waals surface area contributed by atoms with Crippen LogP contribution in [0.15, 0.2) is 54.6 Å². The molecule has 188 valence electrons. The van der Waals surface area contributed by atoms with Crippen molar-refractivity contribution in [2.75, 3.05) is 13.2 Å². The van der Waals surface area contributed by atoms with Gasteiger partial charge in [-0.1, -0.05) is 54.6 Å². The van der Waals surface area contributed by atoms with E-state index in [1.165, 1.54) is 16.3 Å². The first-order chi connectivity index (χ1) is 17.3. The first kappa shape index (κ1) is 23.5. The molecule has 3 aromatic carbocycles. The molecular weight excluding hydrogens is 454 g/mol. The zero-order valence-corrected chi connectivity index (χ0v) is 20.7. The van der Waals surface area contributed by atoms with E-state index in [1.54, 1.807) is 0 Å². The molecule has 0 saturated heterocycles. The smallest absolute Gasteiger partial charge is 0.311 e. The van der Waals surface area contributed by atoms with Crippen LogP contribution in [-0.2, 0) is 16.0 Å². The van der Waals surface area contributed by atoms with Gasteiger partial charge in [-0.3, -0.25) is 4.79 Å². The summed E-state index contributed by atoms with van der Waals surface area (Å²) in [7, 11) is 0. The largest absolute Gasteiger partial charge is 0.488 e. The van der Waals surface area contributed by atoms with Gasteiger partial charge in [0.1, 0.15) is 17.8 Å². The molecule has 0 radical (unpaired) electrons. The SMILES string of the molecule is Cc1ccc([C@@H](C)OC[C@H](O)CNC2(Cc3ccc4ccccc4c3)CC2)c2c1O[C@H]1[C@H](C(=O)O)[C@@H]21. The second-order valence-corrected chi connectivity index (χ2v) is 10.8. The zero-order valence-electron chi connectivity index (χ0n) is 20.7. The number of hydrogen-bond donors (Lipinski definition) is 3. The topological polar surface area (TPSA) is 88.0 Å². The van der Waals surface area contributed by atoms with E-state index in [4.69, 9.17) is 9.47 Å². The van der Waals surface area contributed by atoms with Crippen LogP contribution in [-0.4, -0.2) is 47.1 Å². The number of carboxylic acids is 1. The number of rotatable bonds is 10. The second kappa shape index (κ2) is 8.87. The third-order valence-corrected chi connectivity index (χ3v) is 8.15. The first-order valence-corrected chi connectivity index (χ1v) is 12.9. The number of β-amino-alcohol motifs (C(OH)–C–C–N with tert-alkyl or cyclic N) is 1. The summed E-state index contributed by atoms with van der Waals surface area (Å²) in [4.78, 5) is 11.5. The summed E-state index contributed by atoms with van der Waals surface area (Å²) in [6.07, 6.45) is 2.00. The minimum Gasteiger partial charge on any atom is -0.488 e.